The quantitative estimate of drug-likeness (QED) is 0.208. The number of hydrogen-bond donors (Lipinski definition) is 7. The van der Waals surface area contributed by atoms with Crippen molar-refractivity contribution in [3.63, 3.8) is 0 Å². The van der Waals surface area contributed by atoms with Crippen LogP contribution in [0.15, 0.2) is 0 Å². The molecule has 0 aromatic rings. The average Bonchev–Trinajstić information content (AvgIpc) is 2.85. The third kappa shape index (κ3) is 4.26. The van der Waals surface area contributed by atoms with Crippen molar-refractivity contribution in [2.24, 2.45) is 0 Å². The molecule has 9 atom stereocenters. The van der Waals surface area contributed by atoms with E-state index in [0.717, 1.165) is 0 Å². The van der Waals surface area contributed by atoms with Crippen molar-refractivity contribution in [3.8, 4) is 0 Å². The van der Waals surface area contributed by atoms with Crippen LogP contribution in [0.25, 0.3) is 0 Å². The first-order valence-electron chi connectivity index (χ1n) is 7.48. The van der Waals surface area contributed by atoms with E-state index in [1.165, 1.54) is 0 Å². The summed E-state index contributed by atoms with van der Waals surface area (Å²) in [7, 11) is -2.71. The number of aliphatic hydroxyl groups excluding tert-OH is 7. The highest BCUT2D eigenvalue weighted by Gasteiger charge is 2.60. The zero-order valence-corrected chi connectivity index (χ0v) is 14.0. The van der Waals surface area contributed by atoms with Crippen LogP contribution < -0.4 is 9.32 Å². The average molecular weight is 409 g/mol. The number of aliphatic hydroxyl groups is 7. The molecule has 0 spiro atoms. The third-order valence-corrected chi connectivity index (χ3v) is 4.48. The van der Waals surface area contributed by atoms with Gasteiger partial charge in [-0.05, 0) is 0 Å². The minimum Gasteiger partial charge on any atom is -0.394 e. The number of rotatable bonds is 7. The Morgan fingerprint density at radius 1 is 0.885 bits per heavy atom. The van der Waals surface area contributed by atoms with Crippen LogP contribution >= 0.6 is 0 Å². The highest BCUT2D eigenvalue weighted by atomic mass is 35.6. The van der Waals surface area contributed by atoms with E-state index in [1.807, 2.05) is 0 Å². The topological polar surface area (TPSA) is 225 Å². The van der Waals surface area contributed by atoms with Gasteiger partial charge in [-0.2, -0.15) is 0 Å². The summed E-state index contributed by atoms with van der Waals surface area (Å²) < 4.78 is 41.1. The molecular weight excluding hydrogens is 388 g/mol. The van der Waals surface area contributed by atoms with Crippen molar-refractivity contribution in [3.05, 3.63) is 0 Å². The SMILES string of the molecule is [O-][Cl+2]([O-])OC[C@@]1(O[C@H]2O[C@H](CO)[C@@H](O)[C@H](O)[C@H]2O)O[C@H](CO)[C@@H](O)[C@@H]1O. The van der Waals surface area contributed by atoms with Crippen LogP contribution in [0, 0.1) is 10.8 Å². The Morgan fingerprint density at radius 2 is 1.50 bits per heavy atom. The molecule has 0 radical (unpaired) electrons. The Hall–Kier alpha value is -0.230. The molecule has 0 bridgehead atoms. The van der Waals surface area contributed by atoms with Gasteiger partial charge in [0.05, 0.1) is 13.2 Å². The fourth-order valence-corrected chi connectivity index (χ4v) is 2.98. The van der Waals surface area contributed by atoms with Gasteiger partial charge in [-0.1, -0.05) is 0 Å². The maximum absolute atomic E-state index is 10.6. The lowest BCUT2D eigenvalue weighted by Gasteiger charge is -2.42. The first-order valence-corrected chi connectivity index (χ1v) is 8.41. The van der Waals surface area contributed by atoms with Gasteiger partial charge in [0.1, 0.15) is 42.7 Å². The number of ether oxygens (including phenoxy) is 3. The second-order valence-corrected chi connectivity index (χ2v) is 6.44. The Balaban J connectivity index is 2.23. The molecule has 0 unspecified atom stereocenters. The summed E-state index contributed by atoms with van der Waals surface area (Å²) in [6.45, 7) is -2.54. The summed E-state index contributed by atoms with van der Waals surface area (Å²) in [4.78, 5) is 0. The van der Waals surface area contributed by atoms with E-state index in [-0.39, 0.29) is 0 Å². The maximum Gasteiger partial charge on any atom is 0.285 e. The van der Waals surface area contributed by atoms with Crippen molar-refractivity contribution in [1.82, 2.24) is 0 Å². The van der Waals surface area contributed by atoms with E-state index in [4.69, 9.17) is 19.3 Å². The molecule has 2 aliphatic heterocycles. The van der Waals surface area contributed by atoms with Crippen LogP contribution in [0.5, 0.6) is 0 Å². The molecule has 0 aromatic carbocycles. The lowest BCUT2D eigenvalue weighted by Crippen LogP contribution is -2.63. The molecule has 13 nitrogen and oxygen atoms in total. The second-order valence-electron chi connectivity index (χ2n) is 5.84. The molecule has 0 aliphatic carbocycles. The molecule has 2 rings (SSSR count). The van der Waals surface area contributed by atoms with E-state index < -0.39 is 85.4 Å². The normalized spacial score (nSPS) is 46.8. The second kappa shape index (κ2) is 8.85. The zero-order chi connectivity index (χ0) is 19.6. The van der Waals surface area contributed by atoms with Crippen LogP contribution in [0.1, 0.15) is 0 Å². The van der Waals surface area contributed by atoms with Gasteiger partial charge in [-0.25, -0.2) is 0 Å². The molecular formula is C12H21ClO13. The van der Waals surface area contributed by atoms with Crippen LogP contribution in [-0.4, -0.2) is 110 Å². The summed E-state index contributed by atoms with van der Waals surface area (Å²) in [5.74, 6) is -2.41. The predicted octanol–water partition coefficient (Wildman–Crippen LogP) is -7.28. The number of hydrogen-bond acceptors (Lipinski definition) is 13. The molecule has 154 valence electrons. The summed E-state index contributed by atoms with van der Waals surface area (Å²) in [5.41, 5.74) is 0. The smallest absolute Gasteiger partial charge is 0.285 e. The molecule has 14 heteroatoms. The summed E-state index contributed by atoms with van der Waals surface area (Å²) >= 11 is 0. The van der Waals surface area contributed by atoms with Gasteiger partial charge in [0.15, 0.2) is 6.29 Å². The Bertz CT molecular complexity index is 453. The summed E-state index contributed by atoms with van der Waals surface area (Å²) in [6.07, 6.45) is -13.6. The van der Waals surface area contributed by atoms with Crippen molar-refractivity contribution in [2.75, 3.05) is 19.8 Å². The largest absolute Gasteiger partial charge is 0.394 e. The molecule has 2 fully saturated rings. The standard InChI is InChI=1S/C12H21ClO13/c14-1-4-6(16)8(18)9(19)11(24-4)26-12(3-23-13(21)22)10(20)7(17)5(2-15)25-12/h4-11,14-20H,1-3H2/t4-,5-,6-,7-,8+,9-,10+,11-,12+/m1/s1. The van der Waals surface area contributed by atoms with Crippen LogP contribution in [0.2, 0.25) is 0 Å². The molecule has 0 amide bonds. The predicted molar refractivity (Wildman–Crippen MR) is 67.5 cm³/mol. The van der Waals surface area contributed by atoms with Crippen LogP contribution in [-0.2, 0) is 18.5 Å². The fraction of sp³-hybridized carbons (Fsp3) is 1.00. The minimum absolute atomic E-state index is 0.762. The highest BCUT2D eigenvalue weighted by Crippen LogP contribution is 2.36. The fourth-order valence-electron chi connectivity index (χ4n) is 2.74. The van der Waals surface area contributed by atoms with Gasteiger partial charge in [0, 0.05) is 4.29 Å². The molecule has 2 heterocycles. The number of halogens is 1. The van der Waals surface area contributed by atoms with Crippen molar-refractivity contribution in [2.45, 2.75) is 54.8 Å². The molecule has 2 saturated heterocycles. The molecule has 7 N–H and O–H groups in total. The first kappa shape index (κ1) is 22.1. The van der Waals surface area contributed by atoms with Crippen LogP contribution in [0.3, 0.4) is 0 Å². The Kier molecular flexibility index (Phi) is 7.51. The van der Waals surface area contributed by atoms with Crippen molar-refractivity contribution < 1.29 is 74.3 Å². The van der Waals surface area contributed by atoms with E-state index in [1.54, 1.807) is 0 Å². The minimum atomic E-state index is -2.71. The van der Waals surface area contributed by atoms with E-state index in [2.05, 4.69) is 4.29 Å². The van der Waals surface area contributed by atoms with Gasteiger partial charge in [0.25, 0.3) is 10.8 Å². The summed E-state index contributed by atoms with van der Waals surface area (Å²) in [5, 5.41) is 67.9. The summed E-state index contributed by atoms with van der Waals surface area (Å²) in [6, 6.07) is 0. The van der Waals surface area contributed by atoms with Gasteiger partial charge < -0.3 is 59.3 Å². The Morgan fingerprint density at radius 3 is 2.00 bits per heavy atom. The molecule has 0 aromatic heterocycles. The van der Waals surface area contributed by atoms with Gasteiger partial charge in [0.2, 0.25) is 12.4 Å². The van der Waals surface area contributed by atoms with Crippen LogP contribution in [0.4, 0.5) is 0 Å². The van der Waals surface area contributed by atoms with Crippen molar-refractivity contribution in [1.29, 1.82) is 0 Å². The lowest BCUT2D eigenvalue weighted by atomic mass is 9.99. The van der Waals surface area contributed by atoms with Gasteiger partial charge in [-0.3, -0.25) is 0 Å². The molecule has 26 heavy (non-hydrogen) atoms. The zero-order valence-electron chi connectivity index (χ0n) is 13.2. The third-order valence-electron chi connectivity index (χ3n) is 4.19. The maximum atomic E-state index is 10.6. The highest BCUT2D eigenvalue weighted by molar-refractivity contribution is 4.98. The Labute approximate surface area is 149 Å². The van der Waals surface area contributed by atoms with Gasteiger partial charge in [-0.15, -0.1) is 0 Å². The van der Waals surface area contributed by atoms with E-state index in [0.29, 0.717) is 0 Å². The van der Waals surface area contributed by atoms with E-state index in [9.17, 15) is 40.0 Å². The van der Waals surface area contributed by atoms with E-state index >= 15 is 0 Å². The molecule has 0 saturated carbocycles. The molecule has 2 aliphatic rings. The van der Waals surface area contributed by atoms with Crippen molar-refractivity contribution >= 4 is 0 Å². The van der Waals surface area contributed by atoms with Gasteiger partial charge >= 0.3 is 0 Å². The first-order chi connectivity index (χ1) is 12.2. The monoisotopic (exact) mass is 408 g/mol. The lowest BCUT2D eigenvalue weighted by molar-refractivity contribution is -1.63.